The Bertz CT molecular complexity index is 217. The molecule has 2 aliphatic rings. The van der Waals surface area contributed by atoms with Crippen LogP contribution in [0.5, 0.6) is 0 Å². The van der Waals surface area contributed by atoms with Gasteiger partial charge in [-0.15, -0.1) is 23.5 Å². The molecule has 3 heteroatoms. The van der Waals surface area contributed by atoms with Gasteiger partial charge in [-0.2, -0.15) is 0 Å². The molecule has 1 saturated heterocycles. The average Bonchev–Trinajstić information content (AvgIpc) is 2.12. The number of hydrogen-bond acceptors (Lipinski definition) is 3. The molecule has 0 unspecified atom stereocenters. The molecule has 1 spiro atoms. The summed E-state index contributed by atoms with van der Waals surface area (Å²) in [4.78, 5) is 11.6. The lowest BCUT2D eigenvalue weighted by Gasteiger charge is -2.35. The maximum atomic E-state index is 11.6. The molecule has 2 rings (SSSR count). The Morgan fingerprint density at radius 2 is 2.08 bits per heavy atom. The van der Waals surface area contributed by atoms with E-state index in [1.54, 1.807) is 6.08 Å². The molecule has 0 aromatic rings. The van der Waals surface area contributed by atoms with Crippen molar-refractivity contribution in [2.45, 2.75) is 23.3 Å². The summed E-state index contributed by atoms with van der Waals surface area (Å²) in [6.07, 6.45) is 7.15. The molecule has 1 aliphatic heterocycles. The Balaban J connectivity index is 2.17. The summed E-state index contributed by atoms with van der Waals surface area (Å²) in [6.45, 7) is 0. The number of carbonyl (C=O) groups is 1. The van der Waals surface area contributed by atoms with E-state index >= 15 is 0 Å². The van der Waals surface area contributed by atoms with Gasteiger partial charge < -0.3 is 0 Å². The molecule has 0 aromatic carbocycles. The number of hydrogen-bond donors (Lipinski definition) is 0. The number of ketones is 1. The summed E-state index contributed by atoms with van der Waals surface area (Å²) >= 11 is 3.71. The Morgan fingerprint density at radius 3 is 2.75 bits per heavy atom. The maximum absolute atomic E-state index is 11.6. The van der Waals surface area contributed by atoms with Crippen molar-refractivity contribution in [2.24, 2.45) is 0 Å². The van der Waals surface area contributed by atoms with Crippen LogP contribution in [-0.2, 0) is 4.79 Å². The summed E-state index contributed by atoms with van der Waals surface area (Å²) in [5.41, 5.74) is 0. The SMILES string of the molecule is O=C1C=CCCC12SCCCS2. The highest BCUT2D eigenvalue weighted by atomic mass is 32.2. The lowest BCUT2D eigenvalue weighted by molar-refractivity contribution is -0.115. The Hall–Kier alpha value is 0.110. The standard InChI is InChI=1S/C9H12OS2/c10-8-4-1-2-5-9(8)11-6-3-7-12-9/h1,4H,2-3,5-7H2. The highest BCUT2D eigenvalue weighted by Gasteiger charge is 2.40. The fourth-order valence-electron chi connectivity index (χ4n) is 1.58. The van der Waals surface area contributed by atoms with Crippen molar-refractivity contribution in [1.29, 1.82) is 0 Å². The molecule has 0 radical (unpaired) electrons. The van der Waals surface area contributed by atoms with Crippen LogP contribution in [0, 0.1) is 0 Å². The van der Waals surface area contributed by atoms with Gasteiger partial charge in [0.05, 0.1) is 0 Å². The first-order chi connectivity index (χ1) is 5.83. The largest absolute Gasteiger partial charge is 0.292 e. The van der Waals surface area contributed by atoms with Crippen LogP contribution in [0.1, 0.15) is 19.3 Å². The van der Waals surface area contributed by atoms with E-state index in [1.165, 1.54) is 6.42 Å². The summed E-state index contributed by atoms with van der Waals surface area (Å²) in [6, 6.07) is 0. The minimum Gasteiger partial charge on any atom is -0.292 e. The average molecular weight is 200 g/mol. The van der Waals surface area contributed by atoms with Crippen molar-refractivity contribution in [2.75, 3.05) is 11.5 Å². The van der Waals surface area contributed by atoms with E-state index < -0.39 is 0 Å². The van der Waals surface area contributed by atoms with Gasteiger partial charge in [-0.1, -0.05) is 6.08 Å². The zero-order valence-corrected chi connectivity index (χ0v) is 8.55. The number of carbonyl (C=O) groups excluding carboxylic acids is 1. The van der Waals surface area contributed by atoms with Crippen LogP contribution in [-0.4, -0.2) is 21.4 Å². The molecule has 0 amide bonds. The quantitative estimate of drug-likeness (QED) is 0.598. The van der Waals surface area contributed by atoms with Crippen molar-refractivity contribution in [3.8, 4) is 0 Å². The van der Waals surface area contributed by atoms with E-state index in [0.29, 0.717) is 5.78 Å². The monoisotopic (exact) mass is 200 g/mol. The predicted molar refractivity (Wildman–Crippen MR) is 55.6 cm³/mol. The fourth-order valence-corrected chi connectivity index (χ4v) is 4.77. The third-order valence-electron chi connectivity index (χ3n) is 2.24. The molecule has 1 fully saturated rings. The zero-order chi connectivity index (χ0) is 8.44. The van der Waals surface area contributed by atoms with E-state index in [0.717, 1.165) is 24.3 Å². The molecule has 0 saturated carbocycles. The van der Waals surface area contributed by atoms with Crippen molar-refractivity contribution < 1.29 is 4.79 Å². The third kappa shape index (κ3) is 1.44. The van der Waals surface area contributed by atoms with Crippen LogP contribution < -0.4 is 0 Å². The predicted octanol–water partition coefficient (Wildman–Crippen LogP) is 2.47. The summed E-state index contributed by atoms with van der Waals surface area (Å²) in [5, 5.41) is 0. The maximum Gasteiger partial charge on any atom is 0.181 e. The summed E-state index contributed by atoms with van der Waals surface area (Å²) in [5.74, 6) is 2.66. The Morgan fingerprint density at radius 1 is 1.33 bits per heavy atom. The molecular formula is C9H12OS2. The van der Waals surface area contributed by atoms with Gasteiger partial charge >= 0.3 is 0 Å². The minimum absolute atomic E-state index is 0.0764. The van der Waals surface area contributed by atoms with Crippen molar-refractivity contribution >= 4 is 29.3 Å². The molecule has 0 aromatic heterocycles. The fraction of sp³-hybridized carbons (Fsp3) is 0.667. The number of rotatable bonds is 0. The van der Waals surface area contributed by atoms with E-state index in [1.807, 2.05) is 29.6 Å². The number of allylic oxidation sites excluding steroid dienone is 2. The lowest BCUT2D eigenvalue weighted by Crippen LogP contribution is -2.35. The minimum atomic E-state index is -0.0764. The second-order valence-corrected chi connectivity index (χ2v) is 6.15. The van der Waals surface area contributed by atoms with Gasteiger partial charge in [-0.25, -0.2) is 0 Å². The van der Waals surface area contributed by atoms with Crippen LogP contribution in [0.3, 0.4) is 0 Å². The van der Waals surface area contributed by atoms with Crippen LogP contribution >= 0.6 is 23.5 Å². The zero-order valence-electron chi connectivity index (χ0n) is 6.91. The molecule has 66 valence electrons. The Kier molecular flexibility index (Phi) is 2.51. The van der Waals surface area contributed by atoms with Crippen molar-refractivity contribution in [1.82, 2.24) is 0 Å². The van der Waals surface area contributed by atoms with E-state index in [9.17, 15) is 4.79 Å². The van der Waals surface area contributed by atoms with Gasteiger partial charge in [-0.05, 0) is 36.8 Å². The van der Waals surface area contributed by atoms with Crippen LogP contribution in [0.15, 0.2) is 12.2 Å². The second kappa shape index (κ2) is 3.46. The van der Waals surface area contributed by atoms with Crippen molar-refractivity contribution in [3.05, 3.63) is 12.2 Å². The van der Waals surface area contributed by atoms with Gasteiger partial charge in [0.1, 0.15) is 4.08 Å². The highest BCUT2D eigenvalue weighted by Crippen LogP contribution is 2.47. The topological polar surface area (TPSA) is 17.1 Å². The molecule has 1 aliphatic carbocycles. The molecule has 0 atom stereocenters. The molecule has 0 bridgehead atoms. The van der Waals surface area contributed by atoms with Gasteiger partial charge in [0.15, 0.2) is 5.78 Å². The van der Waals surface area contributed by atoms with Gasteiger partial charge in [0.25, 0.3) is 0 Å². The number of thioether (sulfide) groups is 2. The van der Waals surface area contributed by atoms with E-state index in [4.69, 9.17) is 0 Å². The van der Waals surface area contributed by atoms with Crippen LogP contribution in [0.4, 0.5) is 0 Å². The molecule has 1 nitrogen and oxygen atoms in total. The second-order valence-electron chi connectivity index (χ2n) is 3.11. The Labute approximate surface area is 81.4 Å². The normalized spacial score (nSPS) is 27.8. The van der Waals surface area contributed by atoms with E-state index in [2.05, 4.69) is 0 Å². The third-order valence-corrected chi connectivity index (χ3v) is 5.68. The molecule has 12 heavy (non-hydrogen) atoms. The molecule has 1 heterocycles. The summed E-state index contributed by atoms with van der Waals surface area (Å²) in [7, 11) is 0. The van der Waals surface area contributed by atoms with Crippen molar-refractivity contribution in [3.63, 3.8) is 0 Å². The first-order valence-corrected chi connectivity index (χ1v) is 6.29. The van der Waals surface area contributed by atoms with E-state index in [-0.39, 0.29) is 4.08 Å². The molecular weight excluding hydrogens is 188 g/mol. The lowest BCUT2D eigenvalue weighted by atomic mass is 10.1. The molecule has 0 N–H and O–H groups in total. The van der Waals surface area contributed by atoms with Gasteiger partial charge in [-0.3, -0.25) is 4.79 Å². The van der Waals surface area contributed by atoms with Gasteiger partial charge in [0.2, 0.25) is 0 Å². The highest BCUT2D eigenvalue weighted by molar-refractivity contribution is 8.19. The first-order valence-electron chi connectivity index (χ1n) is 4.32. The summed E-state index contributed by atoms with van der Waals surface area (Å²) < 4.78 is -0.0764. The van der Waals surface area contributed by atoms with Gasteiger partial charge in [0, 0.05) is 0 Å². The van der Waals surface area contributed by atoms with Crippen LogP contribution in [0.2, 0.25) is 0 Å². The first kappa shape index (κ1) is 8.70. The van der Waals surface area contributed by atoms with Crippen LogP contribution in [0.25, 0.3) is 0 Å². The smallest absolute Gasteiger partial charge is 0.181 e.